The van der Waals surface area contributed by atoms with Crippen molar-refractivity contribution in [3.05, 3.63) is 83.9 Å². The van der Waals surface area contributed by atoms with E-state index in [2.05, 4.69) is 4.74 Å². The number of methoxy groups -OCH3 is 2. The van der Waals surface area contributed by atoms with Gasteiger partial charge in [-0.05, 0) is 34.0 Å². The molecular formula is C25H27NO5S. The van der Waals surface area contributed by atoms with Gasteiger partial charge in [0, 0.05) is 13.1 Å². The zero-order chi connectivity index (χ0) is 23.0. The topological polar surface area (TPSA) is 72.9 Å². The number of carbonyl (C=O) groups excluding carboxylic acids is 1. The van der Waals surface area contributed by atoms with E-state index in [9.17, 15) is 13.2 Å². The molecule has 0 aromatic heterocycles. The summed E-state index contributed by atoms with van der Waals surface area (Å²) >= 11 is 0. The minimum absolute atomic E-state index is 0.0211. The molecule has 0 radical (unpaired) electrons. The van der Waals surface area contributed by atoms with Crippen LogP contribution in [0.3, 0.4) is 0 Å². The summed E-state index contributed by atoms with van der Waals surface area (Å²) in [7, 11) is -0.823. The van der Waals surface area contributed by atoms with Gasteiger partial charge < -0.3 is 9.47 Å². The van der Waals surface area contributed by atoms with E-state index in [1.807, 2.05) is 54.6 Å². The highest BCUT2D eigenvalue weighted by molar-refractivity contribution is 7.89. The molecule has 168 valence electrons. The van der Waals surface area contributed by atoms with Gasteiger partial charge in [0.2, 0.25) is 10.0 Å². The lowest BCUT2D eigenvalue weighted by atomic mass is 10.0. The molecule has 0 atom stereocenters. The van der Waals surface area contributed by atoms with Crippen LogP contribution in [0, 0.1) is 0 Å². The van der Waals surface area contributed by atoms with Crippen LogP contribution in [0.1, 0.15) is 17.5 Å². The van der Waals surface area contributed by atoms with Crippen LogP contribution in [0.2, 0.25) is 0 Å². The third kappa shape index (κ3) is 6.18. The van der Waals surface area contributed by atoms with Crippen molar-refractivity contribution in [3.8, 4) is 5.75 Å². The summed E-state index contributed by atoms with van der Waals surface area (Å²) in [5.41, 5.74) is 1.73. The maximum absolute atomic E-state index is 13.1. The number of hydrogen-bond donors (Lipinski definition) is 0. The van der Waals surface area contributed by atoms with Crippen molar-refractivity contribution in [2.45, 2.75) is 13.0 Å². The highest BCUT2D eigenvalue weighted by Crippen LogP contribution is 2.20. The molecule has 32 heavy (non-hydrogen) atoms. The van der Waals surface area contributed by atoms with Gasteiger partial charge in [-0.15, -0.1) is 0 Å². The van der Waals surface area contributed by atoms with Gasteiger partial charge in [-0.3, -0.25) is 4.79 Å². The smallest absolute Gasteiger partial charge is 0.306 e. The first kappa shape index (κ1) is 23.5. The van der Waals surface area contributed by atoms with Gasteiger partial charge in [0.25, 0.3) is 0 Å². The monoisotopic (exact) mass is 453 g/mol. The Bertz CT molecular complexity index is 1200. The minimum atomic E-state index is -3.67. The quantitative estimate of drug-likeness (QED) is 0.429. The fraction of sp³-hybridized carbons (Fsp3) is 0.240. The molecule has 0 fully saturated rings. The van der Waals surface area contributed by atoms with Gasteiger partial charge in [0.15, 0.2) is 0 Å². The van der Waals surface area contributed by atoms with Crippen molar-refractivity contribution in [2.24, 2.45) is 0 Å². The Labute approximate surface area is 189 Å². The van der Waals surface area contributed by atoms with Crippen LogP contribution < -0.4 is 4.74 Å². The molecule has 0 saturated heterocycles. The first-order chi connectivity index (χ1) is 15.4. The van der Waals surface area contributed by atoms with E-state index < -0.39 is 16.0 Å². The summed E-state index contributed by atoms with van der Waals surface area (Å²) in [5, 5.41) is 2.15. The van der Waals surface area contributed by atoms with Gasteiger partial charge in [0.1, 0.15) is 5.75 Å². The van der Waals surface area contributed by atoms with E-state index in [-0.39, 0.29) is 25.3 Å². The summed E-state index contributed by atoms with van der Waals surface area (Å²) in [4.78, 5) is 11.6. The van der Waals surface area contributed by atoms with E-state index in [1.54, 1.807) is 31.4 Å². The van der Waals surface area contributed by atoms with Crippen LogP contribution in [0.5, 0.6) is 5.75 Å². The van der Waals surface area contributed by atoms with Gasteiger partial charge >= 0.3 is 5.97 Å². The van der Waals surface area contributed by atoms with Crippen molar-refractivity contribution in [1.29, 1.82) is 0 Å². The number of fused-ring (bicyclic) bond motifs is 1. The molecule has 7 heteroatoms. The van der Waals surface area contributed by atoms with Crippen molar-refractivity contribution < 1.29 is 22.7 Å². The van der Waals surface area contributed by atoms with Crippen LogP contribution in [0.4, 0.5) is 0 Å². The fourth-order valence-corrected chi connectivity index (χ4v) is 4.67. The molecule has 0 unspecified atom stereocenters. The molecule has 0 spiro atoms. The maximum Gasteiger partial charge on any atom is 0.306 e. The molecule has 0 N–H and O–H groups in total. The maximum atomic E-state index is 13.1. The van der Waals surface area contributed by atoms with Gasteiger partial charge in [-0.25, -0.2) is 8.42 Å². The largest absolute Gasteiger partial charge is 0.497 e. The second kappa shape index (κ2) is 10.9. The van der Waals surface area contributed by atoms with Crippen LogP contribution in [-0.4, -0.2) is 45.2 Å². The number of nitrogens with zero attached hydrogens (tertiary/aromatic N) is 1. The zero-order valence-corrected chi connectivity index (χ0v) is 19.0. The highest BCUT2D eigenvalue weighted by atomic mass is 32.2. The molecule has 0 aliphatic carbocycles. The molecule has 0 aliphatic rings. The number of sulfonamides is 1. The van der Waals surface area contributed by atoms with Gasteiger partial charge in [0.05, 0.1) is 26.4 Å². The summed E-state index contributed by atoms with van der Waals surface area (Å²) < 4.78 is 37.5. The van der Waals surface area contributed by atoms with Crippen molar-refractivity contribution >= 4 is 32.8 Å². The molecule has 0 bridgehead atoms. The molecule has 0 aliphatic heterocycles. The Kier molecular flexibility index (Phi) is 8.03. The van der Waals surface area contributed by atoms with E-state index in [0.717, 1.165) is 21.9 Å². The second-order valence-electron chi connectivity index (χ2n) is 7.26. The van der Waals surface area contributed by atoms with E-state index in [1.165, 1.54) is 11.4 Å². The molecule has 0 amide bonds. The SMILES string of the molecule is COC(=O)CCN(Cc1cccc(OC)c1)S(=O)(=O)CC=Cc1cccc2ccccc12. The predicted molar refractivity (Wildman–Crippen MR) is 127 cm³/mol. The summed E-state index contributed by atoms with van der Waals surface area (Å²) in [6.07, 6.45) is 3.45. The lowest BCUT2D eigenvalue weighted by Crippen LogP contribution is -2.34. The Balaban J connectivity index is 1.80. The number of esters is 1. The molecule has 0 heterocycles. The van der Waals surface area contributed by atoms with E-state index in [4.69, 9.17) is 4.74 Å². The highest BCUT2D eigenvalue weighted by Gasteiger charge is 2.22. The summed E-state index contributed by atoms with van der Waals surface area (Å²) in [6.45, 7) is 0.174. The van der Waals surface area contributed by atoms with Crippen molar-refractivity contribution in [2.75, 3.05) is 26.5 Å². The van der Waals surface area contributed by atoms with Crippen LogP contribution >= 0.6 is 0 Å². The number of rotatable bonds is 10. The van der Waals surface area contributed by atoms with Crippen molar-refractivity contribution in [3.63, 3.8) is 0 Å². The fourth-order valence-electron chi connectivity index (χ4n) is 3.41. The molecular weight excluding hydrogens is 426 g/mol. The van der Waals surface area contributed by atoms with Crippen LogP contribution in [-0.2, 0) is 26.1 Å². The normalized spacial score (nSPS) is 11.8. The predicted octanol–water partition coefficient (Wildman–Crippen LogP) is 4.26. The number of ether oxygens (including phenoxy) is 2. The Morgan fingerprint density at radius 1 is 1.00 bits per heavy atom. The lowest BCUT2D eigenvalue weighted by Gasteiger charge is -2.21. The van der Waals surface area contributed by atoms with Crippen molar-refractivity contribution in [1.82, 2.24) is 4.31 Å². The zero-order valence-electron chi connectivity index (χ0n) is 18.2. The summed E-state index contributed by atoms with van der Waals surface area (Å²) in [6, 6.07) is 21.1. The third-order valence-electron chi connectivity index (χ3n) is 5.11. The number of carbonyl (C=O) groups is 1. The summed E-state index contributed by atoms with van der Waals surface area (Å²) in [5.74, 6) is 0.00673. The first-order valence-corrected chi connectivity index (χ1v) is 11.9. The standard InChI is InChI=1S/C25H27NO5S/c1-30-23-13-5-8-20(18-23)19-26(16-15-25(27)31-2)32(28,29)17-7-12-22-11-6-10-21-9-3-4-14-24(21)22/h3-14,18H,15-17,19H2,1-2H3. The lowest BCUT2D eigenvalue weighted by molar-refractivity contribution is -0.140. The van der Waals surface area contributed by atoms with E-state index in [0.29, 0.717) is 5.75 Å². The second-order valence-corrected chi connectivity index (χ2v) is 9.27. The van der Waals surface area contributed by atoms with Gasteiger partial charge in [-0.1, -0.05) is 66.7 Å². The Morgan fingerprint density at radius 2 is 1.75 bits per heavy atom. The average molecular weight is 454 g/mol. The average Bonchev–Trinajstić information content (AvgIpc) is 2.81. The van der Waals surface area contributed by atoms with Crippen LogP contribution in [0.25, 0.3) is 16.8 Å². The Morgan fingerprint density at radius 3 is 2.53 bits per heavy atom. The Hall–Kier alpha value is -3.16. The number of hydrogen-bond acceptors (Lipinski definition) is 5. The van der Waals surface area contributed by atoms with E-state index >= 15 is 0 Å². The molecule has 0 saturated carbocycles. The third-order valence-corrected chi connectivity index (χ3v) is 6.82. The minimum Gasteiger partial charge on any atom is -0.497 e. The first-order valence-electron chi connectivity index (χ1n) is 10.2. The molecule has 3 rings (SSSR count). The van der Waals surface area contributed by atoms with Gasteiger partial charge in [-0.2, -0.15) is 4.31 Å². The molecule has 3 aromatic rings. The van der Waals surface area contributed by atoms with Crippen LogP contribution in [0.15, 0.2) is 72.8 Å². The molecule has 3 aromatic carbocycles. The number of benzene rings is 3. The molecule has 6 nitrogen and oxygen atoms in total.